The average Bonchev–Trinajstić information content (AvgIpc) is 2.17. The van der Waals surface area contributed by atoms with Gasteiger partial charge in [-0.15, -0.1) is 0 Å². The Balaban J connectivity index is 4.01. The molecule has 0 heterocycles. The zero-order valence-corrected chi connectivity index (χ0v) is 10.6. The van der Waals surface area contributed by atoms with Gasteiger partial charge < -0.3 is 5.11 Å². The quantitative estimate of drug-likeness (QED) is 0.613. The van der Waals surface area contributed by atoms with Crippen molar-refractivity contribution in [3.05, 3.63) is 0 Å². The summed E-state index contributed by atoms with van der Waals surface area (Å²) in [6.45, 7) is 4.73. The van der Waals surface area contributed by atoms with Crippen LogP contribution in [0.1, 0.15) is 39.5 Å². The van der Waals surface area contributed by atoms with Crippen LogP contribution in [0.25, 0.3) is 0 Å². The van der Waals surface area contributed by atoms with Crippen molar-refractivity contribution in [3.8, 4) is 0 Å². The Hall–Kier alpha value is -0.130. The van der Waals surface area contributed by atoms with Crippen molar-refractivity contribution in [3.63, 3.8) is 0 Å². The molecule has 0 aliphatic heterocycles. The van der Waals surface area contributed by atoms with Gasteiger partial charge in [0.25, 0.3) is 0 Å². The van der Waals surface area contributed by atoms with E-state index < -0.39 is 10.0 Å². The van der Waals surface area contributed by atoms with Gasteiger partial charge in [-0.3, -0.25) is 0 Å². The zero-order valence-electron chi connectivity index (χ0n) is 9.78. The summed E-state index contributed by atoms with van der Waals surface area (Å²) in [6, 6.07) is 0. The van der Waals surface area contributed by atoms with E-state index in [9.17, 15) is 8.42 Å². The third kappa shape index (κ3) is 6.12. The van der Waals surface area contributed by atoms with Crippen molar-refractivity contribution in [2.45, 2.75) is 39.5 Å². The second-order valence-electron chi connectivity index (χ2n) is 3.59. The lowest BCUT2D eigenvalue weighted by Crippen LogP contribution is -2.34. The summed E-state index contributed by atoms with van der Waals surface area (Å²) in [5.74, 6) is -0.158. The SMILES string of the molecule is CCCCCCN(CC)S(=O)(=O)CCO. The van der Waals surface area contributed by atoms with Crippen molar-refractivity contribution >= 4 is 10.0 Å². The van der Waals surface area contributed by atoms with Crippen molar-refractivity contribution < 1.29 is 13.5 Å². The number of nitrogens with zero attached hydrogens (tertiary/aromatic N) is 1. The Morgan fingerprint density at radius 1 is 1.13 bits per heavy atom. The minimum Gasteiger partial charge on any atom is -0.395 e. The molecule has 0 spiro atoms. The van der Waals surface area contributed by atoms with Crippen LogP contribution >= 0.6 is 0 Å². The first-order chi connectivity index (χ1) is 7.08. The van der Waals surface area contributed by atoms with Crippen molar-refractivity contribution in [2.24, 2.45) is 0 Å². The molecule has 0 amide bonds. The molecule has 0 fully saturated rings. The molecule has 0 saturated heterocycles. The van der Waals surface area contributed by atoms with Crippen LogP contribution < -0.4 is 0 Å². The van der Waals surface area contributed by atoms with Crippen LogP contribution in [-0.2, 0) is 10.0 Å². The average molecular weight is 237 g/mol. The van der Waals surface area contributed by atoms with Gasteiger partial charge in [-0.1, -0.05) is 33.1 Å². The Morgan fingerprint density at radius 3 is 2.27 bits per heavy atom. The van der Waals surface area contributed by atoms with Crippen LogP contribution in [0.5, 0.6) is 0 Å². The van der Waals surface area contributed by atoms with E-state index in [2.05, 4.69) is 6.92 Å². The van der Waals surface area contributed by atoms with E-state index >= 15 is 0 Å². The highest BCUT2D eigenvalue weighted by molar-refractivity contribution is 7.89. The first kappa shape index (κ1) is 14.9. The third-order valence-corrected chi connectivity index (χ3v) is 4.28. The highest BCUT2D eigenvalue weighted by atomic mass is 32.2. The lowest BCUT2D eigenvalue weighted by Gasteiger charge is -2.19. The highest BCUT2D eigenvalue weighted by Crippen LogP contribution is 2.06. The molecule has 4 nitrogen and oxygen atoms in total. The molecular formula is C10H23NO3S. The Labute approximate surface area is 93.3 Å². The molecule has 0 bridgehead atoms. The molecule has 0 aliphatic carbocycles. The van der Waals surface area contributed by atoms with E-state index in [4.69, 9.17) is 5.11 Å². The normalized spacial score (nSPS) is 12.3. The van der Waals surface area contributed by atoms with E-state index in [0.29, 0.717) is 13.1 Å². The van der Waals surface area contributed by atoms with Crippen LogP contribution in [0.15, 0.2) is 0 Å². The van der Waals surface area contributed by atoms with Crippen LogP contribution in [0.2, 0.25) is 0 Å². The van der Waals surface area contributed by atoms with Crippen LogP contribution in [0.3, 0.4) is 0 Å². The first-order valence-corrected chi connectivity index (χ1v) is 7.28. The Morgan fingerprint density at radius 2 is 1.80 bits per heavy atom. The summed E-state index contributed by atoms with van der Waals surface area (Å²) in [4.78, 5) is 0. The standard InChI is InChI=1S/C10H23NO3S/c1-3-5-6-7-8-11(4-2)15(13,14)10-9-12/h12H,3-10H2,1-2H3. The van der Waals surface area contributed by atoms with Crippen molar-refractivity contribution in [1.29, 1.82) is 0 Å². The second kappa shape index (κ2) is 8.07. The molecule has 0 unspecified atom stereocenters. The maximum atomic E-state index is 11.6. The van der Waals surface area contributed by atoms with Gasteiger partial charge in [0.15, 0.2) is 0 Å². The van der Waals surface area contributed by atoms with Gasteiger partial charge in [-0.2, -0.15) is 0 Å². The van der Waals surface area contributed by atoms with Gasteiger partial charge in [0.1, 0.15) is 0 Å². The fourth-order valence-electron chi connectivity index (χ4n) is 1.45. The fourth-order valence-corrected chi connectivity index (χ4v) is 2.74. The second-order valence-corrected chi connectivity index (χ2v) is 5.68. The molecule has 0 radical (unpaired) electrons. The molecule has 0 atom stereocenters. The van der Waals surface area contributed by atoms with Gasteiger partial charge in [0.2, 0.25) is 10.0 Å². The fraction of sp³-hybridized carbons (Fsp3) is 1.00. The minimum absolute atomic E-state index is 0.158. The van der Waals surface area contributed by atoms with E-state index in [1.54, 1.807) is 0 Å². The number of hydrogen-bond acceptors (Lipinski definition) is 3. The maximum absolute atomic E-state index is 11.6. The van der Waals surface area contributed by atoms with E-state index in [0.717, 1.165) is 25.7 Å². The predicted octanol–water partition coefficient (Wildman–Crippen LogP) is 1.21. The van der Waals surface area contributed by atoms with Crippen LogP contribution in [0, 0.1) is 0 Å². The number of sulfonamides is 1. The Bertz CT molecular complexity index is 239. The predicted molar refractivity (Wildman–Crippen MR) is 62.3 cm³/mol. The first-order valence-electron chi connectivity index (χ1n) is 5.67. The highest BCUT2D eigenvalue weighted by Gasteiger charge is 2.18. The topological polar surface area (TPSA) is 57.6 Å². The summed E-state index contributed by atoms with van der Waals surface area (Å²) < 4.78 is 24.6. The monoisotopic (exact) mass is 237 g/mol. The maximum Gasteiger partial charge on any atom is 0.216 e. The minimum atomic E-state index is -3.23. The van der Waals surface area contributed by atoms with Crippen molar-refractivity contribution in [1.82, 2.24) is 4.31 Å². The van der Waals surface area contributed by atoms with Crippen LogP contribution in [0.4, 0.5) is 0 Å². The largest absolute Gasteiger partial charge is 0.395 e. The summed E-state index contributed by atoms with van der Waals surface area (Å²) in [6.07, 6.45) is 4.28. The number of aliphatic hydroxyl groups excluding tert-OH is 1. The molecule has 1 N–H and O–H groups in total. The molecule has 0 aromatic heterocycles. The molecule has 92 valence electrons. The van der Waals surface area contributed by atoms with Gasteiger partial charge >= 0.3 is 0 Å². The van der Waals surface area contributed by atoms with Crippen molar-refractivity contribution in [2.75, 3.05) is 25.4 Å². The summed E-state index contributed by atoms with van der Waals surface area (Å²) >= 11 is 0. The van der Waals surface area contributed by atoms with Gasteiger partial charge in [0, 0.05) is 13.1 Å². The number of hydrogen-bond donors (Lipinski definition) is 1. The molecule has 5 heteroatoms. The van der Waals surface area contributed by atoms with Gasteiger partial charge in [-0.05, 0) is 6.42 Å². The summed E-state index contributed by atoms with van der Waals surface area (Å²) in [7, 11) is -3.23. The van der Waals surface area contributed by atoms with E-state index in [1.807, 2.05) is 6.92 Å². The number of unbranched alkanes of at least 4 members (excludes halogenated alkanes) is 3. The van der Waals surface area contributed by atoms with E-state index in [1.165, 1.54) is 4.31 Å². The lowest BCUT2D eigenvalue weighted by atomic mass is 10.2. The molecule has 15 heavy (non-hydrogen) atoms. The zero-order chi connectivity index (χ0) is 11.7. The molecule has 0 aliphatic rings. The summed E-state index contributed by atoms with van der Waals surface area (Å²) in [5, 5.41) is 8.65. The van der Waals surface area contributed by atoms with Gasteiger partial charge in [-0.25, -0.2) is 12.7 Å². The molecule has 0 rings (SSSR count). The molecular weight excluding hydrogens is 214 g/mol. The number of aliphatic hydroxyl groups is 1. The third-order valence-electron chi connectivity index (χ3n) is 2.36. The smallest absolute Gasteiger partial charge is 0.216 e. The Kier molecular flexibility index (Phi) is 8.00. The summed E-state index contributed by atoms with van der Waals surface area (Å²) in [5.41, 5.74) is 0. The van der Waals surface area contributed by atoms with Crippen LogP contribution in [-0.4, -0.2) is 43.3 Å². The van der Waals surface area contributed by atoms with E-state index in [-0.39, 0.29) is 12.4 Å². The molecule has 0 aromatic rings. The molecule has 0 aromatic carbocycles. The molecule has 0 saturated carbocycles. The number of rotatable bonds is 9. The van der Waals surface area contributed by atoms with Gasteiger partial charge in [0.05, 0.1) is 12.4 Å². The lowest BCUT2D eigenvalue weighted by molar-refractivity contribution is 0.314.